The van der Waals surface area contributed by atoms with E-state index in [-0.39, 0.29) is 0 Å². The quantitative estimate of drug-likeness (QED) is 0.872. The molecule has 1 fully saturated rings. The zero-order valence-corrected chi connectivity index (χ0v) is 10.0. The molecule has 0 atom stereocenters. The van der Waals surface area contributed by atoms with Crippen molar-refractivity contribution in [3.63, 3.8) is 0 Å². The fourth-order valence-corrected chi connectivity index (χ4v) is 2.74. The lowest BCUT2D eigenvalue weighted by Crippen LogP contribution is -2.39. The topological polar surface area (TPSA) is 12.0 Å². The molecule has 1 nitrogen and oxygen atoms in total. The molecule has 0 unspecified atom stereocenters. The van der Waals surface area contributed by atoms with E-state index in [0.29, 0.717) is 0 Å². The van der Waals surface area contributed by atoms with Gasteiger partial charge in [0, 0.05) is 10.5 Å². The molecule has 1 saturated carbocycles. The largest absolute Gasteiger partial charge is 0.314 e. The number of nitrogens with one attached hydrogen (secondary N) is 1. The summed E-state index contributed by atoms with van der Waals surface area (Å²) in [5.41, 5.74) is 1.47. The second-order valence-corrected chi connectivity index (χ2v) is 4.80. The molecule has 76 valence electrons. The van der Waals surface area contributed by atoms with Gasteiger partial charge in [0.05, 0.1) is 0 Å². The van der Waals surface area contributed by atoms with Gasteiger partial charge in [0.25, 0.3) is 0 Å². The zero-order chi connectivity index (χ0) is 9.97. The highest BCUT2D eigenvalue weighted by Crippen LogP contribution is 2.39. The fraction of sp³-hybridized carbons (Fsp3) is 0.500. The number of hydrogen-bond acceptors (Lipinski definition) is 1. The molecular weight excluding hydrogens is 238 g/mol. The molecular formula is C12H16BrN. The second-order valence-electron chi connectivity index (χ2n) is 3.94. The fourth-order valence-electron chi connectivity index (χ4n) is 2.13. The Bertz CT molecular complexity index is 305. The van der Waals surface area contributed by atoms with E-state index in [0.717, 1.165) is 18.5 Å². The van der Waals surface area contributed by atoms with Gasteiger partial charge in [0.15, 0.2) is 0 Å². The van der Waals surface area contributed by atoms with Gasteiger partial charge >= 0.3 is 0 Å². The molecule has 0 heterocycles. The first-order valence-electron chi connectivity index (χ1n) is 5.29. The minimum absolute atomic E-state index is 0.747. The summed E-state index contributed by atoms with van der Waals surface area (Å²) in [6, 6.07) is 9.32. The maximum Gasteiger partial charge on any atom is 0.0210 e. The third-order valence-electron chi connectivity index (χ3n) is 2.98. The van der Waals surface area contributed by atoms with Gasteiger partial charge in [-0.1, -0.05) is 41.1 Å². The van der Waals surface area contributed by atoms with Crippen LogP contribution in [0.15, 0.2) is 28.7 Å². The predicted octanol–water partition coefficient (Wildman–Crippen LogP) is 3.30. The van der Waals surface area contributed by atoms with Crippen LogP contribution in [0.3, 0.4) is 0 Å². The lowest BCUT2D eigenvalue weighted by molar-refractivity contribution is 0.295. The van der Waals surface area contributed by atoms with Gasteiger partial charge in [-0.3, -0.25) is 0 Å². The minimum atomic E-state index is 0.747. The summed E-state index contributed by atoms with van der Waals surface area (Å²) in [6.07, 6.45) is 2.58. The maximum atomic E-state index is 3.61. The van der Waals surface area contributed by atoms with Crippen molar-refractivity contribution in [1.82, 2.24) is 5.32 Å². The van der Waals surface area contributed by atoms with Crippen molar-refractivity contribution >= 4 is 15.9 Å². The van der Waals surface area contributed by atoms with Crippen LogP contribution in [0.25, 0.3) is 0 Å². The molecule has 0 radical (unpaired) electrons. The summed E-state index contributed by atoms with van der Waals surface area (Å²) in [6.45, 7) is 3.26. The number of halogens is 1. The van der Waals surface area contributed by atoms with Crippen molar-refractivity contribution in [2.45, 2.75) is 31.7 Å². The number of hydrogen-bond donors (Lipinski definition) is 1. The first kappa shape index (κ1) is 10.2. The molecule has 1 aromatic carbocycles. The van der Waals surface area contributed by atoms with Gasteiger partial charge in [0.1, 0.15) is 0 Å². The normalized spacial score (nSPS) is 25.9. The van der Waals surface area contributed by atoms with Crippen LogP contribution in [0.5, 0.6) is 0 Å². The van der Waals surface area contributed by atoms with E-state index in [2.05, 4.69) is 52.4 Å². The Morgan fingerprint density at radius 2 is 2.07 bits per heavy atom. The average molecular weight is 254 g/mol. The summed E-state index contributed by atoms with van der Waals surface area (Å²) < 4.78 is 1.26. The molecule has 1 N–H and O–H groups in total. The van der Waals surface area contributed by atoms with Gasteiger partial charge in [0.2, 0.25) is 0 Å². The Balaban J connectivity index is 1.96. The van der Waals surface area contributed by atoms with Crippen LogP contribution in [0, 0.1) is 0 Å². The van der Waals surface area contributed by atoms with Gasteiger partial charge < -0.3 is 5.32 Å². The lowest BCUT2D eigenvalue weighted by atomic mass is 9.76. The molecule has 2 rings (SSSR count). The Morgan fingerprint density at radius 1 is 1.36 bits per heavy atom. The molecule has 1 aromatic rings. The van der Waals surface area contributed by atoms with Crippen molar-refractivity contribution in [2.75, 3.05) is 6.54 Å². The SMILES string of the molecule is CCNC1CC(c2ccccc2Br)C1. The van der Waals surface area contributed by atoms with E-state index in [1.165, 1.54) is 22.9 Å². The molecule has 2 heteroatoms. The van der Waals surface area contributed by atoms with Gasteiger partial charge in [-0.2, -0.15) is 0 Å². The lowest BCUT2D eigenvalue weighted by Gasteiger charge is -2.36. The maximum absolute atomic E-state index is 3.61. The van der Waals surface area contributed by atoms with Gasteiger partial charge in [-0.25, -0.2) is 0 Å². The third kappa shape index (κ3) is 2.01. The third-order valence-corrected chi connectivity index (χ3v) is 3.70. The van der Waals surface area contributed by atoms with Crippen LogP contribution in [0.4, 0.5) is 0 Å². The van der Waals surface area contributed by atoms with Crippen molar-refractivity contribution < 1.29 is 0 Å². The second kappa shape index (κ2) is 4.45. The van der Waals surface area contributed by atoms with Crippen LogP contribution >= 0.6 is 15.9 Å². The molecule has 0 amide bonds. The monoisotopic (exact) mass is 253 g/mol. The number of rotatable bonds is 3. The summed E-state index contributed by atoms with van der Waals surface area (Å²) in [5.74, 6) is 0.759. The first-order chi connectivity index (χ1) is 6.81. The van der Waals surface area contributed by atoms with Gasteiger partial charge in [-0.05, 0) is 36.9 Å². The Kier molecular flexibility index (Phi) is 3.24. The van der Waals surface area contributed by atoms with E-state index in [4.69, 9.17) is 0 Å². The van der Waals surface area contributed by atoms with Crippen LogP contribution in [-0.4, -0.2) is 12.6 Å². The summed E-state index contributed by atoms with van der Waals surface area (Å²) >= 11 is 3.61. The zero-order valence-electron chi connectivity index (χ0n) is 8.46. The van der Waals surface area contributed by atoms with Crippen molar-refractivity contribution in [3.05, 3.63) is 34.3 Å². The molecule has 1 aliphatic rings. The summed E-state index contributed by atoms with van der Waals surface area (Å²) in [5, 5.41) is 3.49. The van der Waals surface area contributed by atoms with Crippen molar-refractivity contribution in [1.29, 1.82) is 0 Å². The Morgan fingerprint density at radius 3 is 2.71 bits per heavy atom. The summed E-state index contributed by atoms with van der Waals surface area (Å²) in [4.78, 5) is 0. The molecule has 1 aliphatic carbocycles. The van der Waals surface area contributed by atoms with Crippen LogP contribution < -0.4 is 5.32 Å². The number of benzene rings is 1. The highest BCUT2D eigenvalue weighted by Gasteiger charge is 2.30. The highest BCUT2D eigenvalue weighted by atomic mass is 79.9. The molecule has 0 spiro atoms. The van der Waals surface area contributed by atoms with E-state index in [1.807, 2.05) is 0 Å². The smallest absolute Gasteiger partial charge is 0.0210 e. The first-order valence-corrected chi connectivity index (χ1v) is 6.08. The van der Waals surface area contributed by atoms with Crippen molar-refractivity contribution in [2.24, 2.45) is 0 Å². The molecule has 14 heavy (non-hydrogen) atoms. The minimum Gasteiger partial charge on any atom is -0.314 e. The van der Waals surface area contributed by atoms with E-state index < -0.39 is 0 Å². The van der Waals surface area contributed by atoms with Crippen molar-refractivity contribution in [3.8, 4) is 0 Å². The Hall–Kier alpha value is -0.340. The Labute approximate surface area is 94.0 Å². The molecule has 0 aromatic heterocycles. The molecule has 0 aliphatic heterocycles. The molecule has 0 saturated heterocycles. The van der Waals surface area contributed by atoms with Gasteiger partial charge in [-0.15, -0.1) is 0 Å². The van der Waals surface area contributed by atoms with E-state index >= 15 is 0 Å². The van der Waals surface area contributed by atoms with E-state index in [1.54, 1.807) is 0 Å². The predicted molar refractivity (Wildman–Crippen MR) is 63.6 cm³/mol. The van der Waals surface area contributed by atoms with Crippen LogP contribution in [0.1, 0.15) is 31.2 Å². The molecule has 0 bridgehead atoms. The summed E-state index contributed by atoms with van der Waals surface area (Å²) in [7, 11) is 0. The van der Waals surface area contributed by atoms with Crippen LogP contribution in [-0.2, 0) is 0 Å². The van der Waals surface area contributed by atoms with E-state index in [9.17, 15) is 0 Å². The average Bonchev–Trinajstić information content (AvgIpc) is 2.12. The highest BCUT2D eigenvalue weighted by molar-refractivity contribution is 9.10. The standard InChI is InChI=1S/C12H16BrN/c1-2-14-10-7-9(8-10)11-5-3-4-6-12(11)13/h3-6,9-10,14H,2,7-8H2,1H3. The van der Waals surface area contributed by atoms with Crippen LogP contribution in [0.2, 0.25) is 0 Å².